The van der Waals surface area contributed by atoms with Crippen molar-refractivity contribution < 1.29 is 5.11 Å². The van der Waals surface area contributed by atoms with Crippen molar-refractivity contribution in [3.05, 3.63) is 36.2 Å². The SMILES string of the molecule is CC1CCN(C(C)c2nnnn2-c2ccccc2)CC1O. The van der Waals surface area contributed by atoms with Crippen molar-refractivity contribution in [3.63, 3.8) is 0 Å². The van der Waals surface area contributed by atoms with E-state index in [2.05, 4.69) is 34.3 Å². The van der Waals surface area contributed by atoms with Gasteiger partial charge in [-0.3, -0.25) is 4.90 Å². The molecule has 2 heterocycles. The summed E-state index contributed by atoms with van der Waals surface area (Å²) in [6.45, 7) is 5.82. The zero-order valence-corrected chi connectivity index (χ0v) is 12.4. The van der Waals surface area contributed by atoms with Crippen molar-refractivity contribution in [2.75, 3.05) is 13.1 Å². The molecular formula is C15H21N5O. The quantitative estimate of drug-likeness (QED) is 0.925. The lowest BCUT2D eigenvalue weighted by molar-refractivity contribution is 0.0109. The largest absolute Gasteiger partial charge is 0.392 e. The molecule has 0 bridgehead atoms. The molecule has 0 spiro atoms. The fourth-order valence-electron chi connectivity index (χ4n) is 2.80. The molecule has 21 heavy (non-hydrogen) atoms. The summed E-state index contributed by atoms with van der Waals surface area (Å²) in [5, 5.41) is 22.2. The van der Waals surface area contributed by atoms with Gasteiger partial charge in [0.2, 0.25) is 0 Å². The van der Waals surface area contributed by atoms with Crippen LogP contribution in [-0.2, 0) is 0 Å². The Hall–Kier alpha value is -1.79. The Bertz CT molecular complexity index is 585. The number of likely N-dealkylation sites (tertiary alicyclic amines) is 1. The van der Waals surface area contributed by atoms with Gasteiger partial charge in [-0.05, 0) is 48.4 Å². The molecule has 112 valence electrons. The first-order chi connectivity index (χ1) is 10.2. The minimum Gasteiger partial charge on any atom is -0.392 e. The average Bonchev–Trinajstić information content (AvgIpc) is 2.99. The molecule has 3 atom stereocenters. The van der Waals surface area contributed by atoms with Gasteiger partial charge in [-0.15, -0.1) is 5.10 Å². The number of β-amino-alcohol motifs (C(OH)–C–C–N with tert-alkyl or cyclic N) is 1. The molecule has 0 radical (unpaired) electrons. The molecule has 1 fully saturated rings. The van der Waals surface area contributed by atoms with Gasteiger partial charge in [0.05, 0.1) is 17.8 Å². The van der Waals surface area contributed by atoms with Crippen LogP contribution in [0.4, 0.5) is 0 Å². The number of para-hydroxylation sites is 1. The third-order valence-corrected chi connectivity index (χ3v) is 4.37. The van der Waals surface area contributed by atoms with Gasteiger partial charge in [-0.25, -0.2) is 0 Å². The van der Waals surface area contributed by atoms with E-state index in [-0.39, 0.29) is 12.1 Å². The molecule has 1 aromatic carbocycles. The number of nitrogens with zero attached hydrogens (tertiary/aromatic N) is 5. The summed E-state index contributed by atoms with van der Waals surface area (Å²) in [6, 6.07) is 9.95. The topological polar surface area (TPSA) is 67.1 Å². The fourth-order valence-corrected chi connectivity index (χ4v) is 2.80. The number of aromatic nitrogens is 4. The Balaban J connectivity index is 1.83. The smallest absolute Gasteiger partial charge is 0.173 e. The molecule has 1 saturated heterocycles. The molecular weight excluding hydrogens is 266 g/mol. The van der Waals surface area contributed by atoms with Gasteiger partial charge in [-0.1, -0.05) is 25.1 Å². The van der Waals surface area contributed by atoms with E-state index in [9.17, 15) is 5.11 Å². The second-order valence-electron chi connectivity index (χ2n) is 5.79. The van der Waals surface area contributed by atoms with Crippen LogP contribution in [0.5, 0.6) is 0 Å². The minimum absolute atomic E-state index is 0.0716. The van der Waals surface area contributed by atoms with Crippen LogP contribution in [-0.4, -0.2) is 49.4 Å². The van der Waals surface area contributed by atoms with Crippen LogP contribution in [0.25, 0.3) is 5.69 Å². The predicted octanol–water partition coefficient (Wildman–Crippen LogP) is 1.43. The number of aliphatic hydroxyl groups excluding tert-OH is 1. The van der Waals surface area contributed by atoms with Crippen molar-refractivity contribution in [3.8, 4) is 5.69 Å². The summed E-state index contributed by atoms with van der Waals surface area (Å²) in [4.78, 5) is 2.25. The van der Waals surface area contributed by atoms with E-state index < -0.39 is 0 Å². The molecule has 6 nitrogen and oxygen atoms in total. The highest BCUT2D eigenvalue weighted by Crippen LogP contribution is 2.26. The number of rotatable bonds is 3. The molecule has 3 unspecified atom stereocenters. The van der Waals surface area contributed by atoms with Crippen molar-refractivity contribution in [1.29, 1.82) is 0 Å². The van der Waals surface area contributed by atoms with Crippen molar-refractivity contribution in [2.45, 2.75) is 32.4 Å². The normalized spacial score (nSPS) is 24.9. The minimum atomic E-state index is -0.276. The number of benzene rings is 1. The van der Waals surface area contributed by atoms with E-state index in [0.29, 0.717) is 12.5 Å². The summed E-state index contributed by atoms with van der Waals surface area (Å²) in [7, 11) is 0. The van der Waals surface area contributed by atoms with Crippen LogP contribution in [0.3, 0.4) is 0 Å². The number of tetrazole rings is 1. The molecule has 0 amide bonds. The highest BCUT2D eigenvalue weighted by Gasteiger charge is 2.30. The third-order valence-electron chi connectivity index (χ3n) is 4.37. The van der Waals surface area contributed by atoms with Gasteiger partial charge in [0.25, 0.3) is 0 Å². The molecule has 1 aliphatic heterocycles. The zero-order valence-electron chi connectivity index (χ0n) is 12.4. The molecule has 3 rings (SSSR count). The number of hydrogen-bond donors (Lipinski definition) is 1. The highest BCUT2D eigenvalue weighted by atomic mass is 16.3. The fraction of sp³-hybridized carbons (Fsp3) is 0.533. The summed E-state index contributed by atoms with van der Waals surface area (Å²) in [5.41, 5.74) is 0.954. The Morgan fingerprint density at radius 1 is 1.29 bits per heavy atom. The Morgan fingerprint density at radius 2 is 2.05 bits per heavy atom. The molecule has 1 aromatic heterocycles. The Morgan fingerprint density at radius 3 is 2.76 bits per heavy atom. The molecule has 0 aliphatic carbocycles. The van der Waals surface area contributed by atoms with Crippen molar-refractivity contribution in [2.24, 2.45) is 5.92 Å². The van der Waals surface area contributed by atoms with Crippen LogP contribution in [0.15, 0.2) is 30.3 Å². The standard InChI is InChI=1S/C15H21N5O/c1-11-8-9-19(10-14(11)21)12(2)15-16-17-18-20(15)13-6-4-3-5-7-13/h3-7,11-12,14,21H,8-10H2,1-2H3. The second kappa shape index (κ2) is 5.91. The van der Waals surface area contributed by atoms with Gasteiger partial charge in [0.15, 0.2) is 5.82 Å². The molecule has 1 aliphatic rings. The average molecular weight is 287 g/mol. The summed E-state index contributed by atoms with van der Waals surface area (Å²) in [6.07, 6.45) is 0.723. The number of hydrogen-bond acceptors (Lipinski definition) is 5. The Labute approximate surface area is 124 Å². The maximum Gasteiger partial charge on any atom is 0.173 e. The maximum absolute atomic E-state index is 10.1. The van der Waals surface area contributed by atoms with Crippen LogP contribution < -0.4 is 0 Å². The first kappa shape index (κ1) is 14.2. The van der Waals surface area contributed by atoms with Gasteiger partial charge in [-0.2, -0.15) is 4.68 Å². The lowest BCUT2D eigenvalue weighted by Gasteiger charge is -2.37. The van der Waals surface area contributed by atoms with Crippen LogP contribution in [0.2, 0.25) is 0 Å². The first-order valence-electron chi connectivity index (χ1n) is 7.42. The highest BCUT2D eigenvalue weighted by molar-refractivity contribution is 5.30. The molecule has 6 heteroatoms. The van der Waals surface area contributed by atoms with Gasteiger partial charge < -0.3 is 5.11 Å². The summed E-state index contributed by atoms with van der Waals surface area (Å²) >= 11 is 0. The number of aliphatic hydroxyl groups is 1. The summed E-state index contributed by atoms with van der Waals surface area (Å²) < 4.78 is 1.77. The second-order valence-corrected chi connectivity index (χ2v) is 5.79. The van der Waals surface area contributed by atoms with E-state index in [1.54, 1.807) is 4.68 Å². The van der Waals surface area contributed by atoms with Gasteiger partial charge >= 0.3 is 0 Å². The lowest BCUT2D eigenvalue weighted by Crippen LogP contribution is -2.44. The monoisotopic (exact) mass is 287 g/mol. The van der Waals surface area contributed by atoms with Crippen LogP contribution >= 0.6 is 0 Å². The van der Waals surface area contributed by atoms with Crippen molar-refractivity contribution in [1.82, 2.24) is 25.1 Å². The van der Waals surface area contributed by atoms with E-state index >= 15 is 0 Å². The Kier molecular flexibility index (Phi) is 3.98. The molecule has 0 saturated carbocycles. The maximum atomic E-state index is 10.1. The van der Waals surface area contributed by atoms with Gasteiger partial charge in [0.1, 0.15) is 0 Å². The first-order valence-corrected chi connectivity index (χ1v) is 7.42. The van der Waals surface area contributed by atoms with Crippen LogP contribution in [0.1, 0.15) is 32.1 Å². The van der Waals surface area contributed by atoms with Crippen molar-refractivity contribution >= 4 is 0 Å². The predicted molar refractivity (Wildman–Crippen MR) is 78.9 cm³/mol. The van der Waals surface area contributed by atoms with E-state index in [1.807, 2.05) is 30.3 Å². The van der Waals surface area contributed by atoms with E-state index in [0.717, 1.165) is 24.5 Å². The van der Waals surface area contributed by atoms with E-state index in [1.165, 1.54) is 0 Å². The zero-order chi connectivity index (χ0) is 14.8. The summed E-state index contributed by atoms with van der Waals surface area (Å²) in [5.74, 6) is 1.17. The third kappa shape index (κ3) is 2.82. The van der Waals surface area contributed by atoms with E-state index in [4.69, 9.17) is 0 Å². The molecule has 2 aromatic rings. The number of piperidine rings is 1. The van der Waals surface area contributed by atoms with Crippen LogP contribution in [0, 0.1) is 5.92 Å². The molecule has 1 N–H and O–H groups in total. The van der Waals surface area contributed by atoms with Gasteiger partial charge in [0, 0.05) is 6.54 Å². The lowest BCUT2D eigenvalue weighted by atomic mass is 9.95.